The molecule has 0 aliphatic heterocycles. The summed E-state index contributed by atoms with van der Waals surface area (Å²) in [6, 6.07) is 9.64. The zero-order valence-corrected chi connectivity index (χ0v) is 11.2. The van der Waals surface area contributed by atoms with Crippen molar-refractivity contribution in [1.82, 2.24) is 10.3 Å². The molecule has 1 aromatic heterocycles. The van der Waals surface area contributed by atoms with Gasteiger partial charge in [-0.05, 0) is 48.5 Å². The Kier molecular flexibility index (Phi) is 4.49. The van der Waals surface area contributed by atoms with Gasteiger partial charge < -0.3 is 15.2 Å². The summed E-state index contributed by atoms with van der Waals surface area (Å²) in [5.41, 5.74) is 3.77. The molecule has 4 nitrogen and oxygen atoms in total. The van der Waals surface area contributed by atoms with Crippen LogP contribution in [0.5, 0.6) is 5.75 Å². The highest BCUT2D eigenvalue weighted by Gasteiger charge is 2.08. The first-order valence-electron chi connectivity index (χ1n) is 6.16. The monoisotopic (exact) mass is 258 g/mol. The number of nitrogens with zero attached hydrogens (tertiary/aromatic N) is 1. The van der Waals surface area contributed by atoms with E-state index in [2.05, 4.69) is 10.3 Å². The number of aliphatic hydroxyl groups is 1. The van der Waals surface area contributed by atoms with Crippen LogP contribution < -0.4 is 10.1 Å². The highest BCUT2D eigenvalue weighted by molar-refractivity contribution is 5.65. The molecule has 0 saturated heterocycles. The second kappa shape index (κ2) is 6.31. The Balaban J connectivity index is 2.43. The summed E-state index contributed by atoms with van der Waals surface area (Å²) in [5.74, 6) is 0.735. The molecule has 0 saturated carbocycles. The minimum absolute atomic E-state index is 0.0372. The predicted octanol–water partition coefficient (Wildman–Crippen LogP) is 1.97. The van der Waals surface area contributed by atoms with Crippen LogP contribution in [0.25, 0.3) is 11.3 Å². The lowest BCUT2D eigenvalue weighted by Gasteiger charge is -2.10. The third-order valence-electron chi connectivity index (χ3n) is 2.96. The van der Waals surface area contributed by atoms with Crippen molar-refractivity contribution in [2.24, 2.45) is 0 Å². The number of methoxy groups -OCH3 is 1. The quantitative estimate of drug-likeness (QED) is 0.861. The lowest BCUT2D eigenvalue weighted by Crippen LogP contribution is -2.05. The molecule has 1 aromatic carbocycles. The van der Waals surface area contributed by atoms with E-state index in [0.29, 0.717) is 0 Å². The fourth-order valence-electron chi connectivity index (χ4n) is 2.01. The number of benzene rings is 1. The second-order valence-corrected chi connectivity index (χ2v) is 4.26. The molecule has 19 heavy (non-hydrogen) atoms. The molecule has 0 aliphatic rings. The Hall–Kier alpha value is -1.91. The van der Waals surface area contributed by atoms with Gasteiger partial charge in [0.2, 0.25) is 0 Å². The third-order valence-corrected chi connectivity index (χ3v) is 2.96. The van der Waals surface area contributed by atoms with Crippen molar-refractivity contribution in [2.75, 3.05) is 14.2 Å². The Morgan fingerprint density at radius 2 is 2.11 bits per heavy atom. The Labute approximate surface area is 113 Å². The van der Waals surface area contributed by atoms with Gasteiger partial charge in [0.05, 0.1) is 19.4 Å². The van der Waals surface area contributed by atoms with Gasteiger partial charge in [-0.2, -0.15) is 0 Å². The van der Waals surface area contributed by atoms with Crippen LogP contribution in [0, 0.1) is 0 Å². The molecule has 2 N–H and O–H groups in total. The van der Waals surface area contributed by atoms with Gasteiger partial charge in [-0.1, -0.05) is 0 Å². The summed E-state index contributed by atoms with van der Waals surface area (Å²) in [6.45, 7) is 0.755. The molecule has 1 heterocycles. The maximum Gasteiger partial charge on any atom is 0.119 e. The number of nitrogens with one attached hydrogen (secondary N) is 1. The zero-order valence-electron chi connectivity index (χ0n) is 11.2. The Morgan fingerprint density at radius 1 is 1.26 bits per heavy atom. The van der Waals surface area contributed by atoms with Crippen LogP contribution in [-0.4, -0.2) is 24.2 Å². The molecule has 0 unspecified atom stereocenters. The van der Waals surface area contributed by atoms with Gasteiger partial charge >= 0.3 is 0 Å². The maximum absolute atomic E-state index is 9.48. The van der Waals surface area contributed by atoms with Crippen LogP contribution in [0.4, 0.5) is 0 Å². The van der Waals surface area contributed by atoms with E-state index in [0.717, 1.165) is 34.7 Å². The minimum Gasteiger partial charge on any atom is -0.497 e. The number of rotatable bonds is 5. The third kappa shape index (κ3) is 3.10. The summed E-state index contributed by atoms with van der Waals surface area (Å²) in [7, 11) is 3.52. The standard InChI is InChI=1S/C15H18N2O2/c1-16-9-11-5-6-17-15(7-11)14-4-3-13(19-2)8-12(14)10-18/h3-8,16,18H,9-10H2,1-2H3. The Morgan fingerprint density at radius 3 is 2.79 bits per heavy atom. The van der Waals surface area contributed by atoms with Crippen molar-refractivity contribution in [3.8, 4) is 17.0 Å². The van der Waals surface area contributed by atoms with Gasteiger partial charge in [-0.15, -0.1) is 0 Å². The van der Waals surface area contributed by atoms with Crippen molar-refractivity contribution in [1.29, 1.82) is 0 Å². The Bertz CT molecular complexity index is 556. The molecule has 0 amide bonds. The average molecular weight is 258 g/mol. The number of ether oxygens (including phenoxy) is 1. The molecular formula is C15H18N2O2. The molecule has 0 aliphatic carbocycles. The largest absolute Gasteiger partial charge is 0.497 e. The fourth-order valence-corrected chi connectivity index (χ4v) is 2.01. The van der Waals surface area contributed by atoms with E-state index in [1.165, 1.54) is 0 Å². The molecule has 0 fully saturated rings. The number of aromatic nitrogens is 1. The minimum atomic E-state index is -0.0372. The van der Waals surface area contributed by atoms with Crippen LogP contribution in [0.2, 0.25) is 0 Å². The first kappa shape index (κ1) is 13.5. The lowest BCUT2D eigenvalue weighted by molar-refractivity contribution is 0.281. The van der Waals surface area contributed by atoms with E-state index >= 15 is 0 Å². The van der Waals surface area contributed by atoms with Gasteiger partial charge in [0.1, 0.15) is 5.75 Å². The molecule has 0 bridgehead atoms. The van der Waals surface area contributed by atoms with Crippen molar-refractivity contribution in [3.63, 3.8) is 0 Å². The number of aliphatic hydroxyl groups excluding tert-OH is 1. The first-order valence-corrected chi connectivity index (χ1v) is 6.16. The van der Waals surface area contributed by atoms with E-state index in [1.54, 1.807) is 13.3 Å². The molecule has 2 rings (SSSR count). The maximum atomic E-state index is 9.48. The highest BCUT2D eigenvalue weighted by atomic mass is 16.5. The van der Waals surface area contributed by atoms with Crippen LogP contribution in [0.15, 0.2) is 36.5 Å². The molecule has 2 aromatic rings. The number of hydrogen-bond donors (Lipinski definition) is 2. The van der Waals surface area contributed by atoms with Crippen LogP contribution >= 0.6 is 0 Å². The summed E-state index contributed by atoms with van der Waals surface area (Å²) < 4.78 is 5.17. The van der Waals surface area contributed by atoms with E-state index in [9.17, 15) is 5.11 Å². The molecule has 0 atom stereocenters. The topological polar surface area (TPSA) is 54.4 Å². The van der Waals surface area contributed by atoms with E-state index < -0.39 is 0 Å². The second-order valence-electron chi connectivity index (χ2n) is 4.26. The van der Waals surface area contributed by atoms with Gasteiger partial charge in [0.25, 0.3) is 0 Å². The van der Waals surface area contributed by atoms with E-state index in [1.807, 2.05) is 37.4 Å². The summed E-state index contributed by atoms with van der Waals surface area (Å²) in [4.78, 5) is 4.38. The van der Waals surface area contributed by atoms with E-state index in [4.69, 9.17) is 4.74 Å². The van der Waals surface area contributed by atoms with Crippen molar-refractivity contribution in [3.05, 3.63) is 47.7 Å². The summed E-state index contributed by atoms with van der Waals surface area (Å²) in [6.07, 6.45) is 1.79. The van der Waals surface area contributed by atoms with E-state index in [-0.39, 0.29) is 6.61 Å². The number of pyridine rings is 1. The molecule has 100 valence electrons. The smallest absolute Gasteiger partial charge is 0.119 e. The average Bonchev–Trinajstić information content (AvgIpc) is 2.47. The van der Waals surface area contributed by atoms with Crippen LogP contribution in [0.3, 0.4) is 0 Å². The lowest BCUT2D eigenvalue weighted by atomic mass is 10.0. The van der Waals surface area contributed by atoms with Crippen LogP contribution in [-0.2, 0) is 13.2 Å². The first-order chi connectivity index (χ1) is 9.28. The summed E-state index contributed by atoms with van der Waals surface area (Å²) in [5, 5.41) is 12.6. The van der Waals surface area contributed by atoms with Crippen molar-refractivity contribution in [2.45, 2.75) is 13.2 Å². The highest BCUT2D eigenvalue weighted by Crippen LogP contribution is 2.26. The molecule has 4 heteroatoms. The summed E-state index contributed by atoms with van der Waals surface area (Å²) >= 11 is 0. The van der Waals surface area contributed by atoms with Gasteiger partial charge in [-0.3, -0.25) is 4.98 Å². The van der Waals surface area contributed by atoms with Crippen molar-refractivity contribution >= 4 is 0 Å². The van der Waals surface area contributed by atoms with Gasteiger partial charge in [-0.25, -0.2) is 0 Å². The zero-order chi connectivity index (χ0) is 13.7. The van der Waals surface area contributed by atoms with Crippen molar-refractivity contribution < 1.29 is 9.84 Å². The predicted molar refractivity (Wildman–Crippen MR) is 74.9 cm³/mol. The molecular weight excluding hydrogens is 240 g/mol. The van der Waals surface area contributed by atoms with Gasteiger partial charge in [0.15, 0.2) is 0 Å². The molecule has 0 spiro atoms. The van der Waals surface area contributed by atoms with Crippen LogP contribution in [0.1, 0.15) is 11.1 Å². The fraction of sp³-hybridized carbons (Fsp3) is 0.267. The number of hydrogen-bond acceptors (Lipinski definition) is 4. The normalized spacial score (nSPS) is 10.5. The van der Waals surface area contributed by atoms with Gasteiger partial charge in [0, 0.05) is 18.3 Å². The molecule has 0 radical (unpaired) electrons. The SMILES string of the molecule is CNCc1ccnc(-c2ccc(OC)cc2CO)c1.